The van der Waals surface area contributed by atoms with E-state index in [1.54, 1.807) is 4.90 Å². The van der Waals surface area contributed by atoms with Crippen molar-refractivity contribution in [3.63, 3.8) is 0 Å². The number of nitrogens with zero attached hydrogens (tertiary/aromatic N) is 1. The maximum Gasteiger partial charge on any atom is 0.226 e. The Morgan fingerprint density at radius 1 is 1.14 bits per heavy atom. The van der Waals surface area contributed by atoms with E-state index in [1.165, 1.54) is 18.4 Å². The monoisotopic (exact) mass is 299 g/mol. The molecule has 0 radical (unpaired) electrons. The number of rotatable bonds is 9. The van der Waals surface area contributed by atoms with Gasteiger partial charge in [0.25, 0.3) is 0 Å². The third-order valence-electron chi connectivity index (χ3n) is 3.59. The summed E-state index contributed by atoms with van der Waals surface area (Å²) in [7, 11) is 3.62. The van der Waals surface area contributed by atoms with Crippen LogP contribution >= 0.6 is 0 Å². The molecule has 0 aromatic heterocycles. The second-order valence-corrected chi connectivity index (χ2v) is 5.81. The van der Waals surface area contributed by atoms with E-state index in [0.29, 0.717) is 6.42 Å². The van der Waals surface area contributed by atoms with Crippen LogP contribution in [0, 0.1) is 0 Å². The Morgan fingerprint density at radius 2 is 1.86 bits per heavy atom. The standard InChI is InChI=1S/C20H29NO/c1-4-5-7-15-19(17-20(22)21(2)3)16-11-10-14-18-12-8-6-9-13-18/h6,8-9,11-13,15-16H,4-5,7,10,14,17H2,1-3H3/b16-11-,19-15+. The van der Waals surface area contributed by atoms with Gasteiger partial charge in [0.15, 0.2) is 0 Å². The summed E-state index contributed by atoms with van der Waals surface area (Å²) in [6.45, 7) is 2.19. The Balaban J connectivity index is 2.53. The molecule has 0 atom stereocenters. The molecule has 0 aliphatic heterocycles. The summed E-state index contributed by atoms with van der Waals surface area (Å²) in [4.78, 5) is 13.5. The van der Waals surface area contributed by atoms with Crippen molar-refractivity contribution < 1.29 is 4.79 Å². The molecule has 2 heteroatoms. The van der Waals surface area contributed by atoms with Gasteiger partial charge >= 0.3 is 0 Å². The molecule has 0 saturated carbocycles. The van der Waals surface area contributed by atoms with Gasteiger partial charge in [0.2, 0.25) is 5.91 Å². The predicted octanol–water partition coefficient (Wildman–Crippen LogP) is 4.77. The minimum Gasteiger partial charge on any atom is -0.349 e. The Bertz CT molecular complexity index is 486. The van der Waals surface area contributed by atoms with Gasteiger partial charge in [-0.2, -0.15) is 0 Å². The minimum absolute atomic E-state index is 0.162. The van der Waals surface area contributed by atoms with Crippen LogP contribution in [0.4, 0.5) is 0 Å². The highest BCUT2D eigenvalue weighted by Gasteiger charge is 2.05. The first-order valence-electron chi connectivity index (χ1n) is 8.23. The molecule has 1 rings (SSSR count). The minimum atomic E-state index is 0.162. The largest absolute Gasteiger partial charge is 0.349 e. The summed E-state index contributed by atoms with van der Waals surface area (Å²) in [6.07, 6.45) is 12.5. The number of unbranched alkanes of at least 4 members (excludes halogenated alkanes) is 2. The van der Waals surface area contributed by atoms with E-state index in [4.69, 9.17) is 0 Å². The zero-order chi connectivity index (χ0) is 16.2. The maximum atomic E-state index is 11.9. The van der Waals surface area contributed by atoms with Crippen molar-refractivity contribution >= 4 is 5.91 Å². The smallest absolute Gasteiger partial charge is 0.226 e. The highest BCUT2D eigenvalue weighted by molar-refractivity contribution is 5.78. The first-order chi connectivity index (χ1) is 10.6. The van der Waals surface area contributed by atoms with Crippen molar-refractivity contribution in [2.75, 3.05) is 14.1 Å². The van der Waals surface area contributed by atoms with E-state index in [-0.39, 0.29) is 5.91 Å². The molecule has 0 saturated heterocycles. The number of benzene rings is 1. The van der Waals surface area contributed by atoms with Crippen LogP contribution in [-0.2, 0) is 11.2 Å². The summed E-state index contributed by atoms with van der Waals surface area (Å²) in [6, 6.07) is 10.5. The lowest BCUT2D eigenvalue weighted by molar-refractivity contribution is -0.127. The van der Waals surface area contributed by atoms with Gasteiger partial charge in [-0.05, 0) is 30.4 Å². The van der Waals surface area contributed by atoms with Crippen LogP contribution < -0.4 is 0 Å². The SMILES string of the molecule is CCCC/C=C(\C=C/CCc1ccccc1)CC(=O)N(C)C. The van der Waals surface area contributed by atoms with Gasteiger partial charge in [0.05, 0.1) is 6.42 Å². The Hall–Kier alpha value is -1.83. The third-order valence-corrected chi connectivity index (χ3v) is 3.59. The van der Waals surface area contributed by atoms with Gasteiger partial charge in [-0.3, -0.25) is 4.79 Å². The second-order valence-electron chi connectivity index (χ2n) is 5.81. The number of aryl methyl sites for hydroxylation is 1. The number of hydrogen-bond acceptors (Lipinski definition) is 1. The maximum absolute atomic E-state index is 11.9. The van der Waals surface area contributed by atoms with Crippen LogP contribution in [0.15, 0.2) is 54.1 Å². The normalized spacial score (nSPS) is 11.9. The number of hydrogen-bond donors (Lipinski definition) is 0. The number of allylic oxidation sites excluding steroid dienone is 3. The summed E-state index contributed by atoms with van der Waals surface area (Å²) >= 11 is 0. The first-order valence-corrected chi connectivity index (χ1v) is 8.23. The molecule has 1 amide bonds. The van der Waals surface area contributed by atoms with Crippen LogP contribution in [0.25, 0.3) is 0 Å². The summed E-state index contributed by atoms with van der Waals surface area (Å²) < 4.78 is 0. The van der Waals surface area contributed by atoms with Crippen LogP contribution in [0.2, 0.25) is 0 Å². The van der Waals surface area contributed by atoms with Crippen LogP contribution in [-0.4, -0.2) is 24.9 Å². The molecule has 0 aliphatic carbocycles. The number of carbonyl (C=O) groups excluding carboxylic acids is 1. The fraction of sp³-hybridized carbons (Fsp3) is 0.450. The van der Waals surface area contributed by atoms with E-state index in [9.17, 15) is 4.79 Å². The van der Waals surface area contributed by atoms with E-state index in [0.717, 1.165) is 24.8 Å². The van der Waals surface area contributed by atoms with Crippen molar-refractivity contribution in [2.24, 2.45) is 0 Å². The van der Waals surface area contributed by atoms with Crippen molar-refractivity contribution in [1.29, 1.82) is 0 Å². The molecule has 0 unspecified atom stereocenters. The molecule has 2 nitrogen and oxygen atoms in total. The second kappa shape index (κ2) is 10.8. The first kappa shape index (κ1) is 18.2. The molecule has 0 spiro atoms. The highest BCUT2D eigenvalue weighted by atomic mass is 16.2. The van der Waals surface area contributed by atoms with Gasteiger partial charge in [-0.15, -0.1) is 0 Å². The lowest BCUT2D eigenvalue weighted by Gasteiger charge is -2.10. The Morgan fingerprint density at radius 3 is 2.50 bits per heavy atom. The summed E-state index contributed by atoms with van der Waals surface area (Å²) in [5, 5.41) is 0. The Kier molecular flexibility index (Phi) is 8.97. The van der Waals surface area contributed by atoms with Gasteiger partial charge in [0, 0.05) is 14.1 Å². The topological polar surface area (TPSA) is 20.3 Å². The molecule has 22 heavy (non-hydrogen) atoms. The molecule has 0 aliphatic rings. The molecule has 0 N–H and O–H groups in total. The summed E-state index contributed by atoms with van der Waals surface area (Å²) in [5.41, 5.74) is 2.49. The van der Waals surface area contributed by atoms with Crippen molar-refractivity contribution in [3.05, 3.63) is 59.7 Å². The molecule has 120 valence electrons. The van der Waals surface area contributed by atoms with Gasteiger partial charge in [-0.25, -0.2) is 0 Å². The number of carbonyl (C=O) groups is 1. The van der Waals surface area contributed by atoms with E-state index < -0.39 is 0 Å². The van der Waals surface area contributed by atoms with Crippen LogP contribution in [0.1, 0.15) is 44.6 Å². The van der Waals surface area contributed by atoms with Crippen LogP contribution in [0.3, 0.4) is 0 Å². The van der Waals surface area contributed by atoms with Crippen molar-refractivity contribution in [2.45, 2.75) is 45.4 Å². The quantitative estimate of drug-likeness (QED) is 0.475. The Labute approximate surface area is 135 Å². The van der Waals surface area contributed by atoms with Gasteiger partial charge in [-0.1, -0.05) is 68.3 Å². The number of amides is 1. The molecule has 0 heterocycles. The lowest BCUT2D eigenvalue weighted by Crippen LogP contribution is -2.21. The summed E-state index contributed by atoms with van der Waals surface area (Å²) in [5.74, 6) is 0.162. The predicted molar refractivity (Wildman–Crippen MR) is 94.8 cm³/mol. The van der Waals surface area contributed by atoms with Crippen LogP contribution in [0.5, 0.6) is 0 Å². The fourth-order valence-corrected chi connectivity index (χ4v) is 2.15. The fourth-order valence-electron chi connectivity index (χ4n) is 2.15. The zero-order valence-corrected chi connectivity index (χ0v) is 14.2. The molecular weight excluding hydrogens is 270 g/mol. The molecular formula is C20H29NO. The zero-order valence-electron chi connectivity index (χ0n) is 14.2. The van der Waals surface area contributed by atoms with Crippen molar-refractivity contribution in [1.82, 2.24) is 4.90 Å². The molecule has 0 fully saturated rings. The molecule has 0 bridgehead atoms. The third kappa shape index (κ3) is 7.82. The lowest BCUT2D eigenvalue weighted by atomic mass is 10.1. The van der Waals surface area contributed by atoms with E-state index in [2.05, 4.69) is 49.4 Å². The van der Waals surface area contributed by atoms with Gasteiger partial charge in [0.1, 0.15) is 0 Å². The van der Waals surface area contributed by atoms with E-state index in [1.807, 2.05) is 20.2 Å². The molecule has 1 aromatic carbocycles. The average molecular weight is 299 g/mol. The average Bonchev–Trinajstić information content (AvgIpc) is 2.52. The van der Waals surface area contributed by atoms with E-state index >= 15 is 0 Å². The molecule has 1 aromatic rings. The highest BCUT2D eigenvalue weighted by Crippen LogP contribution is 2.11. The van der Waals surface area contributed by atoms with Crippen molar-refractivity contribution in [3.8, 4) is 0 Å². The van der Waals surface area contributed by atoms with Gasteiger partial charge < -0.3 is 4.90 Å².